The van der Waals surface area contributed by atoms with Crippen molar-refractivity contribution in [2.45, 2.75) is 19.9 Å². The first kappa shape index (κ1) is 21.0. The number of halogens is 2. The molecule has 2 rings (SSSR count). The first-order valence-electron chi connectivity index (χ1n) is 7.33. The lowest BCUT2D eigenvalue weighted by molar-refractivity contribution is 0.477. The Morgan fingerprint density at radius 1 is 1.52 bits per heavy atom. The average Bonchev–Trinajstić information content (AvgIpc) is 3.00. The summed E-state index contributed by atoms with van der Waals surface area (Å²) in [6, 6.07) is 3.90. The fraction of sp³-hybridized carbons (Fsp3) is 0.643. The molecular weight excluding hydrogens is 469 g/mol. The van der Waals surface area contributed by atoms with E-state index in [-0.39, 0.29) is 35.6 Å². The molecule has 132 valence electrons. The van der Waals surface area contributed by atoms with Crippen LogP contribution < -0.4 is 5.32 Å². The van der Waals surface area contributed by atoms with E-state index in [9.17, 15) is 8.42 Å². The largest absolute Gasteiger partial charge is 0.357 e. The zero-order chi connectivity index (χ0) is 16.2. The summed E-state index contributed by atoms with van der Waals surface area (Å²) < 4.78 is 23.8. The summed E-state index contributed by atoms with van der Waals surface area (Å²) in [5.74, 6) is 1.51. The third kappa shape index (κ3) is 6.75. The van der Waals surface area contributed by atoms with E-state index < -0.39 is 9.84 Å². The van der Waals surface area contributed by atoms with Gasteiger partial charge in [-0.2, -0.15) is 0 Å². The highest BCUT2D eigenvalue weighted by molar-refractivity contribution is 14.0. The smallest absolute Gasteiger partial charge is 0.193 e. The Kier molecular flexibility index (Phi) is 8.60. The molecule has 5 nitrogen and oxygen atoms in total. The molecule has 0 aromatic carbocycles. The Morgan fingerprint density at radius 3 is 2.78 bits per heavy atom. The Balaban J connectivity index is 0.00000264. The van der Waals surface area contributed by atoms with Crippen LogP contribution in [-0.2, 0) is 16.4 Å². The van der Waals surface area contributed by atoms with Gasteiger partial charge in [0.15, 0.2) is 15.8 Å². The summed E-state index contributed by atoms with van der Waals surface area (Å²) in [5, 5.41) is 3.25. The van der Waals surface area contributed by atoms with Crippen LogP contribution in [0.2, 0.25) is 4.34 Å². The molecule has 0 spiro atoms. The predicted octanol–water partition coefficient (Wildman–Crippen LogP) is 2.85. The minimum Gasteiger partial charge on any atom is -0.357 e. The van der Waals surface area contributed by atoms with Crippen LogP contribution in [0.3, 0.4) is 0 Å². The molecule has 0 amide bonds. The van der Waals surface area contributed by atoms with Crippen LogP contribution in [0.15, 0.2) is 17.1 Å². The Bertz CT molecular complexity index is 634. The van der Waals surface area contributed by atoms with Crippen molar-refractivity contribution < 1.29 is 8.42 Å². The third-order valence-corrected chi connectivity index (χ3v) is 6.60. The second-order valence-corrected chi connectivity index (χ2v) is 9.55. The number of nitrogens with one attached hydrogen (secondary N) is 1. The molecule has 0 bridgehead atoms. The number of guanidine groups is 1. The molecule has 1 aliphatic heterocycles. The summed E-state index contributed by atoms with van der Waals surface area (Å²) >= 11 is 7.51. The minimum atomic E-state index is -2.84. The molecule has 23 heavy (non-hydrogen) atoms. The summed E-state index contributed by atoms with van der Waals surface area (Å²) in [6.07, 6.45) is 0.718. The molecule has 2 heterocycles. The van der Waals surface area contributed by atoms with Crippen LogP contribution in [-0.4, -0.2) is 50.9 Å². The minimum absolute atomic E-state index is 0. The van der Waals surface area contributed by atoms with Crippen LogP contribution in [0.4, 0.5) is 0 Å². The highest BCUT2D eigenvalue weighted by Gasteiger charge is 2.27. The van der Waals surface area contributed by atoms with Gasteiger partial charge in [0, 0.05) is 25.0 Å². The van der Waals surface area contributed by atoms with E-state index in [2.05, 4.69) is 10.3 Å². The van der Waals surface area contributed by atoms with Crippen molar-refractivity contribution in [1.29, 1.82) is 0 Å². The van der Waals surface area contributed by atoms with Crippen LogP contribution in [0.5, 0.6) is 0 Å². The summed E-state index contributed by atoms with van der Waals surface area (Å²) in [7, 11) is -0.865. The van der Waals surface area contributed by atoms with Gasteiger partial charge in [-0.05, 0) is 31.4 Å². The van der Waals surface area contributed by atoms with E-state index >= 15 is 0 Å². The van der Waals surface area contributed by atoms with Crippen molar-refractivity contribution in [3.63, 3.8) is 0 Å². The molecule has 1 N–H and O–H groups in total. The SMILES string of the molecule is CCNC(=NCC1CCS(=O)(=O)C1)N(C)Cc1ccc(Cl)s1.I. The van der Waals surface area contributed by atoms with Crippen molar-refractivity contribution in [2.24, 2.45) is 10.9 Å². The number of hydrogen-bond acceptors (Lipinski definition) is 4. The van der Waals surface area contributed by atoms with Gasteiger partial charge in [0.1, 0.15) is 0 Å². The van der Waals surface area contributed by atoms with Gasteiger partial charge in [-0.1, -0.05) is 11.6 Å². The van der Waals surface area contributed by atoms with Crippen molar-refractivity contribution in [1.82, 2.24) is 10.2 Å². The van der Waals surface area contributed by atoms with Gasteiger partial charge in [-0.15, -0.1) is 35.3 Å². The first-order chi connectivity index (χ1) is 10.4. The summed E-state index contributed by atoms with van der Waals surface area (Å²) in [5.41, 5.74) is 0. The number of nitrogens with zero attached hydrogens (tertiary/aromatic N) is 2. The maximum absolute atomic E-state index is 11.5. The van der Waals surface area contributed by atoms with Gasteiger partial charge in [0.2, 0.25) is 0 Å². The fourth-order valence-corrected chi connectivity index (χ4v) is 5.44. The number of aliphatic imine (C=N–C) groups is 1. The third-order valence-electron chi connectivity index (χ3n) is 3.54. The monoisotopic (exact) mass is 491 g/mol. The Labute approximate surface area is 164 Å². The zero-order valence-electron chi connectivity index (χ0n) is 13.3. The van der Waals surface area contributed by atoms with E-state index in [1.165, 1.54) is 4.88 Å². The molecule has 1 saturated heterocycles. The molecule has 1 aromatic heterocycles. The number of rotatable bonds is 5. The van der Waals surface area contributed by atoms with Crippen molar-refractivity contribution >= 4 is 62.7 Å². The van der Waals surface area contributed by atoms with Crippen LogP contribution >= 0.6 is 46.9 Å². The lowest BCUT2D eigenvalue weighted by Crippen LogP contribution is -2.38. The molecule has 9 heteroatoms. The molecular formula is C14H23ClIN3O2S2. The Hall–Kier alpha value is -0.0600. The van der Waals surface area contributed by atoms with Crippen LogP contribution in [0.25, 0.3) is 0 Å². The number of hydrogen-bond donors (Lipinski definition) is 1. The standard InChI is InChI=1S/C14H22ClN3O2S2.HI/c1-3-16-14(17-8-11-6-7-22(19,20)10-11)18(2)9-12-4-5-13(15)21-12;/h4-5,11H,3,6-10H2,1-2H3,(H,16,17);1H. The van der Waals surface area contributed by atoms with Gasteiger partial charge in [-0.25, -0.2) is 8.42 Å². The average molecular weight is 492 g/mol. The van der Waals surface area contributed by atoms with E-state index in [1.54, 1.807) is 11.3 Å². The van der Waals surface area contributed by atoms with Gasteiger partial charge in [0.25, 0.3) is 0 Å². The molecule has 0 saturated carbocycles. The van der Waals surface area contributed by atoms with E-state index in [0.717, 1.165) is 29.8 Å². The molecule has 1 aliphatic rings. The normalized spacial score (nSPS) is 20.1. The van der Waals surface area contributed by atoms with Gasteiger partial charge < -0.3 is 10.2 Å². The second-order valence-electron chi connectivity index (χ2n) is 5.53. The number of thiophene rings is 1. The van der Waals surface area contributed by atoms with Crippen LogP contribution in [0, 0.1) is 5.92 Å². The summed E-state index contributed by atoms with van der Waals surface area (Å²) in [4.78, 5) is 7.81. The predicted molar refractivity (Wildman–Crippen MR) is 109 cm³/mol. The Morgan fingerprint density at radius 2 is 2.26 bits per heavy atom. The molecule has 0 radical (unpaired) electrons. The van der Waals surface area contributed by atoms with E-state index in [4.69, 9.17) is 11.6 Å². The quantitative estimate of drug-likeness (QED) is 0.391. The molecule has 1 aromatic rings. The molecule has 0 aliphatic carbocycles. The van der Waals surface area contributed by atoms with Crippen molar-refractivity contribution in [3.8, 4) is 0 Å². The van der Waals surface area contributed by atoms with Gasteiger partial charge in [-0.3, -0.25) is 4.99 Å². The maximum Gasteiger partial charge on any atom is 0.193 e. The molecule has 1 unspecified atom stereocenters. The highest BCUT2D eigenvalue weighted by Crippen LogP contribution is 2.22. The highest BCUT2D eigenvalue weighted by atomic mass is 127. The first-order valence-corrected chi connectivity index (χ1v) is 10.4. The summed E-state index contributed by atoms with van der Waals surface area (Å²) in [6.45, 7) is 4.08. The van der Waals surface area contributed by atoms with Gasteiger partial charge in [0.05, 0.1) is 22.4 Å². The molecule has 1 atom stereocenters. The van der Waals surface area contributed by atoms with E-state index in [1.807, 2.05) is 31.0 Å². The lowest BCUT2D eigenvalue weighted by atomic mass is 10.1. The second kappa shape index (κ2) is 9.43. The van der Waals surface area contributed by atoms with Crippen molar-refractivity contribution in [3.05, 3.63) is 21.3 Å². The molecule has 1 fully saturated rings. The lowest BCUT2D eigenvalue weighted by Gasteiger charge is -2.22. The number of sulfone groups is 1. The van der Waals surface area contributed by atoms with E-state index in [0.29, 0.717) is 12.3 Å². The zero-order valence-corrected chi connectivity index (χ0v) is 18.0. The fourth-order valence-electron chi connectivity index (χ4n) is 2.45. The van der Waals surface area contributed by atoms with Gasteiger partial charge >= 0.3 is 0 Å². The maximum atomic E-state index is 11.5. The topological polar surface area (TPSA) is 61.8 Å². The van der Waals surface area contributed by atoms with Crippen molar-refractivity contribution in [2.75, 3.05) is 31.6 Å². The van der Waals surface area contributed by atoms with Crippen LogP contribution in [0.1, 0.15) is 18.2 Å².